The van der Waals surface area contributed by atoms with Crippen LogP contribution in [0.5, 0.6) is 5.75 Å². The Bertz CT molecular complexity index is 731. The molecule has 0 unspecified atom stereocenters. The smallest absolute Gasteiger partial charge is 0.252 e. The Labute approximate surface area is 143 Å². The lowest BCUT2D eigenvalue weighted by atomic mass is 10.2. The molecule has 1 aromatic heterocycles. The maximum absolute atomic E-state index is 11.3. The molecule has 0 bridgehead atoms. The molecule has 0 aliphatic rings. The van der Waals surface area contributed by atoms with Crippen LogP contribution in [0.25, 0.3) is 0 Å². The molecule has 7 heteroatoms. The van der Waals surface area contributed by atoms with Crippen molar-refractivity contribution in [1.29, 1.82) is 5.41 Å². The Morgan fingerprint density at radius 1 is 1.41 bits per heavy atom. The number of hydrogen-bond acceptors (Lipinski definition) is 3. The van der Waals surface area contributed by atoms with Crippen LogP contribution in [0.4, 0.5) is 0 Å². The van der Waals surface area contributed by atoms with Crippen molar-refractivity contribution < 1.29 is 9.53 Å². The molecule has 0 aliphatic heterocycles. The van der Waals surface area contributed by atoms with E-state index in [1.165, 1.54) is 6.07 Å². The summed E-state index contributed by atoms with van der Waals surface area (Å²) in [6.07, 6.45) is 1.60. The zero-order valence-corrected chi connectivity index (χ0v) is 14.5. The number of halogens is 2. The summed E-state index contributed by atoms with van der Waals surface area (Å²) in [5, 5.41) is 8.39. The van der Waals surface area contributed by atoms with Gasteiger partial charge in [-0.3, -0.25) is 10.2 Å². The molecule has 0 aliphatic carbocycles. The van der Waals surface area contributed by atoms with E-state index in [0.29, 0.717) is 18.2 Å². The van der Waals surface area contributed by atoms with Gasteiger partial charge in [0.05, 0.1) is 17.2 Å². The van der Waals surface area contributed by atoms with Crippen molar-refractivity contribution >= 4 is 34.5 Å². The number of pyridine rings is 1. The van der Waals surface area contributed by atoms with Crippen LogP contribution < -0.4 is 16.0 Å². The average Bonchev–Trinajstić information content (AvgIpc) is 2.43. The number of nitrogens with zero attached hydrogens (tertiary/aromatic N) is 1. The fraction of sp³-hybridized carbons (Fsp3) is 0.200. The summed E-state index contributed by atoms with van der Waals surface area (Å²) in [5.41, 5.74) is 6.34. The summed E-state index contributed by atoms with van der Waals surface area (Å²) in [4.78, 5) is 11.3. The highest BCUT2D eigenvalue weighted by molar-refractivity contribution is 8.93. The number of nitrogens with one attached hydrogen (secondary N) is 1. The molecule has 3 N–H and O–H groups in total. The van der Waals surface area contributed by atoms with Gasteiger partial charge in [-0.25, -0.2) is 0 Å². The normalized spacial score (nSPS) is 9.91. The number of ether oxygens (including phenoxy) is 1. The number of amides is 1. The van der Waals surface area contributed by atoms with E-state index in [1.54, 1.807) is 10.8 Å². The van der Waals surface area contributed by atoms with E-state index in [2.05, 4.69) is 0 Å². The molecule has 0 atom stereocenters. The zero-order valence-electron chi connectivity index (χ0n) is 12.0. The van der Waals surface area contributed by atoms with Crippen LogP contribution in [0.1, 0.15) is 22.8 Å². The van der Waals surface area contributed by atoms with Gasteiger partial charge in [0, 0.05) is 12.7 Å². The Kier molecular flexibility index (Phi) is 6.64. The van der Waals surface area contributed by atoms with Gasteiger partial charge in [-0.1, -0.05) is 23.7 Å². The van der Waals surface area contributed by atoms with Crippen molar-refractivity contribution in [2.24, 2.45) is 5.73 Å². The van der Waals surface area contributed by atoms with Gasteiger partial charge in [0.15, 0.2) is 0 Å². The molecule has 2 aromatic rings. The highest BCUT2D eigenvalue weighted by atomic mass is 79.9. The number of carbonyl (C=O) groups excluding carboxylic acids is 1. The number of carbonyl (C=O) groups is 1. The Morgan fingerprint density at radius 3 is 2.77 bits per heavy atom. The van der Waals surface area contributed by atoms with E-state index in [-0.39, 0.29) is 28.0 Å². The second kappa shape index (κ2) is 8.00. The van der Waals surface area contributed by atoms with Crippen molar-refractivity contribution in [2.45, 2.75) is 13.5 Å². The summed E-state index contributed by atoms with van der Waals surface area (Å²) in [6, 6.07) is 8.95. The molecule has 1 heterocycles. The molecular formula is C15H17BrClN3O2. The first-order valence-electron chi connectivity index (χ1n) is 6.47. The zero-order chi connectivity index (χ0) is 15.4. The Balaban J connectivity index is 0.00000242. The van der Waals surface area contributed by atoms with Crippen LogP contribution >= 0.6 is 28.6 Å². The predicted molar refractivity (Wildman–Crippen MR) is 90.8 cm³/mol. The first-order valence-corrected chi connectivity index (χ1v) is 6.85. The number of nitrogens with two attached hydrogens (primary N) is 1. The molecule has 0 radical (unpaired) electrons. The van der Waals surface area contributed by atoms with Gasteiger partial charge in [0.25, 0.3) is 5.91 Å². The van der Waals surface area contributed by atoms with E-state index in [1.807, 2.05) is 31.2 Å². The maximum Gasteiger partial charge on any atom is 0.252 e. The van der Waals surface area contributed by atoms with E-state index in [4.69, 9.17) is 27.5 Å². The fourth-order valence-electron chi connectivity index (χ4n) is 2.02. The molecular weight excluding hydrogens is 370 g/mol. The first kappa shape index (κ1) is 18.3. The van der Waals surface area contributed by atoms with Crippen LogP contribution in [-0.2, 0) is 6.54 Å². The molecule has 5 nitrogen and oxygen atoms in total. The maximum atomic E-state index is 11.3. The number of aromatic nitrogens is 1. The van der Waals surface area contributed by atoms with Gasteiger partial charge in [-0.15, -0.1) is 17.0 Å². The van der Waals surface area contributed by atoms with Gasteiger partial charge in [0.2, 0.25) is 0 Å². The van der Waals surface area contributed by atoms with Gasteiger partial charge >= 0.3 is 0 Å². The fourth-order valence-corrected chi connectivity index (χ4v) is 2.25. The number of rotatable bonds is 5. The third-order valence-corrected chi connectivity index (χ3v) is 3.14. The summed E-state index contributed by atoms with van der Waals surface area (Å²) in [7, 11) is 0. The quantitative estimate of drug-likeness (QED) is 0.828. The van der Waals surface area contributed by atoms with Gasteiger partial charge in [-0.05, 0) is 30.7 Å². The third kappa shape index (κ3) is 4.35. The topological polar surface area (TPSA) is 81.1 Å². The number of benzene rings is 1. The van der Waals surface area contributed by atoms with Gasteiger partial charge in [-0.2, -0.15) is 0 Å². The Hall–Kier alpha value is -1.79. The highest BCUT2D eigenvalue weighted by Gasteiger charge is 2.09. The molecule has 0 fully saturated rings. The monoisotopic (exact) mass is 385 g/mol. The molecule has 0 saturated heterocycles. The minimum absolute atomic E-state index is 0. The van der Waals surface area contributed by atoms with Gasteiger partial charge in [0.1, 0.15) is 11.2 Å². The number of hydrogen-bond donors (Lipinski definition) is 2. The lowest BCUT2D eigenvalue weighted by Crippen LogP contribution is -2.29. The van der Waals surface area contributed by atoms with E-state index in [0.717, 1.165) is 11.3 Å². The second-order valence-corrected chi connectivity index (χ2v) is 4.93. The third-order valence-electron chi connectivity index (χ3n) is 2.93. The largest absolute Gasteiger partial charge is 0.494 e. The van der Waals surface area contributed by atoms with Crippen LogP contribution in [-0.4, -0.2) is 17.1 Å². The second-order valence-electron chi connectivity index (χ2n) is 4.49. The molecule has 0 spiro atoms. The van der Waals surface area contributed by atoms with Crippen molar-refractivity contribution in [2.75, 3.05) is 6.61 Å². The predicted octanol–water partition coefficient (Wildman–Crippen LogP) is 2.74. The molecule has 1 amide bonds. The average molecular weight is 387 g/mol. The number of primary amides is 1. The highest BCUT2D eigenvalue weighted by Crippen LogP contribution is 2.15. The molecule has 1 aromatic carbocycles. The lowest BCUT2D eigenvalue weighted by molar-refractivity contribution is 0.0998. The van der Waals surface area contributed by atoms with Crippen molar-refractivity contribution in [3.8, 4) is 5.75 Å². The SMILES string of the molecule is Br.CCOc1cccc(Cn2cc(Cl)cc(C(N)=O)c2=N)c1. The summed E-state index contributed by atoms with van der Waals surface area (Å²) >= 11 is 5.98. The van der Waals surface area contributed by atoms with E-state index < -0.39 is 5.91 Å². The van der Waals surface area contributed by atoms with Crippen molar-refractivity contribution in [3.63, 3.8) is 0 Å². The minimum Gasteiger partial charge on any atom is -0.494 e. The van der Waals surface area contributed by atoms with Crippen LogP contribution in [0.2, 0.25) is 5.02 Å². The first-order chi connectivity index (χ1) is 10.0. The molecule has 22 heavy (non-hydrogen) atoms. The standard InChI is InChI=1S/C15H16ClN3O2.BrH/c1-2-21-12-5-3-4-10(6-12)8-19-9-11(16)7-13(14(19)17)15(18)20;/h3-7,9,17H,2,8H2,1H3,(H2,18,20);1H. The van der Waals surface area contributed by atoms with Crippen LogP contribution in [0.3, 0.4) is 0 Å². The van der Waals surface area contributed by atoms with Gasteiger partial charge < -0.3 is 15.0 Å². The van der Waals surface area contributed by atoms with Crippen LogP contribution in [0.15, 0.2) is 36.5 Å². The lowest BCUT2D eigenvalue weighted by Gasteiger charge is -2.11. The molecule has 0 saturated carbocycles. The Morgan fingerprint density at radius 2 is 2.14 bits per heavy atom. The van der Waals surface area contributed by atoms with Crippen LogP contribution in [0, 0.1) is 5.41 Å². The van der Waals surface area contributed by atoms with Crippen molar-refractivity contribution in [1.82, 2.24) is 4.57 Å². The minimum atomic E-state index is -0.667. The summed E-state index contributed by atoms with van der Waals surface area (Å²) < 4.78 is 7.02. The van der Waals surface area contributed by atoms with E-state index in [9.17, 15) is 4.79 Å². The molecule has 118 valence electrons. The summed E-state index contributed by atoms with van der Waals surface area (Å²) in [5.74, 6) is 0.0959. The molecule has 2 rings (SSSR count). The van der Waals surface area contributed by atoms with E-state index >= 15 is 0 Å². The summed E-state index contributed by atoms with van der Waals surface area (Å²) in [6.45, 7) is 2.91. The van der Waals surface area contributed by atoms with Crippen molar-refractivity contribution in [3.05, 3.63) is 58.2 Å².